The van der Waals surface area contributed by atoms with Crippen molar-refractivity contribution in [2.75, 3.05) is 13.2 Å². The minimum absolute atomic E-state index is 0.000613. The molecule has 1 amide bonds. The molecular formula is C18H27N3O4. The van der Waals surface area contributed by atoms with E-state index < -0.39 is 5.97 Å². The number of hydrogen-bond acceptors (Lipinski definition) is 5. The molecule has 7 nitrogen and oxygen atoms in total. The topological polar surface area (TPSA) is 99.7 Å². The number of rotatable bonds is 7. The van der Waals surface area contributed by atoms with Gasteiger partial charge >= 0.3 is 5.97 Å². The zero-order valence-corrected chi connectivity index (χ0v) is 15.0. The van der Waals surface area contributed by atoms with Crippen LogP contribution in [0.4, 0.5) is 0 Å². The highest BCUT2D eigenvalue weighted by molar-refractivity contribution is 5.82. The highest BCUT2D eigenvalue weighted by atomic mass is 16.5. The summed E-state index contributed by atoms with van der Waals surface area (Å²) in [5.74, 6) is -0.485. The Balaban J connectivity index is 1.72. The van der Waals surface area contributed by atoms with Crippen molar-refractivity contribution in [3.8, 4) is 5.75 Å². The third-order valence-corrected chi connectivity index (χ3v) is 4.26. The maximum atomic E-state index is 12.2. The van der Waals surface area contributed by atoms with Crippen molar-refractivity contribution >= 4 is 11.9 Å². The Labute approximate surface area is 148 Å². The summed E-state index contributed by atoms with van der Waals surface area (Å²) >= 11 is 0. The van der Waals surface area contributed by atoms with Gasteiger partial charge in [-0.1, -0.05) is 32.9 Å². The van der Waals surface area contributed by atoms with Gasteiger partial charge in [-0.05, 0) is 36.0 Å². The van der Waals surface area contributed by atoms with Crippen molar-refractivity contribution in [1.29, 1.82) is 0 Å². The number of carboxylic acids is 1. The van der Waals surface area contributed by atoms with Gasteiger partial charge in [0.1, 0.15) is 11.8 Å². The van der Waals surface area contributed by atoms with Gasteiger partial charge in [0.15, 0.2) is 6.61 Å². The second-order valence-electron chi connectivity index (χ2n) is 7.36. The van der Waals surface area contributed by atoms with E-state index in [0.29, 0.717) is 18.7 Å². The average Bonchev–Trinajstić information content (AvgIpc) is 3.04. The van der Waals surface area contributed by atoms with Crippen LogP contribution in [0.25, 0.3) is 0 Å². The van der Waals surface area contributed by atoms with Crippen LogP contribution in [0.5, 0.6) is 5.75 Å². The summed E-state index contributed by atoms with van der Waals surface area (Å²) in [4.78, 5) is 22.7. The number of carbonyl (C=O) groups excluding carboxylic acids is 1. The molecule has 0 aliphatic carbocycles. The number of amides is 1. The zero-order chi connectivity index (χ0) is 18.4. The molecule has 138 valence electrons. The standard InChI is InChI=1S/C18H27N3O4/c1-18(2,3)15-10-14(20-21-15)17(24)19-9-8-12-4-6-13(7-5-12)25-11-16(22)23/h4-7,14-15,20-21H,8-11H2,1-3H3,(H,19,24)(H,22,23). The Morgan fingerprint density at radius 1 is 1.24 bits per heavy atom. The monoisotopic (exact) mass is 349 g/mol. The SMILES string of the molecule is CC(C)(C)C1CC(C(=O)NCCc2ccc(OCC(=O)O)cc2)NN1. The molecule has 25 heavy (non-hydrogen) atoms. The van der Waals surface area contributed by atoms with Crippen LogP contribution in [0.15, 0.2) is 24.3 Å². The molecule has 0 aromatic heterocycles. The molecule has 1 aromatic carbocycles. The fourth-order valence-corrected chi connectivity index (χ4v) is 2.65. The smallest absolute Gasteiger partial charge is 0.341 e. The number of hydrogen-bond donors (Lipinski definition) is 4. The summed E-state index contributed by atoms with van der Waals surface area (Å²) < 4.78 is 5.09. The van der Waals surface area contributed by atoms with Gasteiger partial charge in [-0.15, -0.1) is 0 Å². The van der Waals surface area contributed by atoms with Gasteiger partial charge in [0, 0.05) is 12.6 Å². The van der Waals surface area contributed by atoms with Gasteiger partial charge in [-0.3, -0.25) is 10.2 Å². The van der Waals surface area contributed by atoms with Gasteiger partial charge < -0.3 is 15.2 Å². The average molecular weight is 349 g/mol. The van der Waals surface area contributed by atoms with Crippen molar-refractivity contribution < 1.29 is 19.4 Å². The van der Waals surface area contributed by atoms with E-state index in [2.05, 4.69) is 36.9 Å². The van der Waals surface area contributed by atoms with Gasteiger partial charge in [-0.25, -0.2) is 10.2 Å². The van der Waals surface area contributed by atoms with E-state index in [-0.39, 0.29) is 30.0 Å². The maximum absolute atomic E-state index is 12.2. The van der Waals surface area contributed by atoms with E-state index in [1.807, 2.05) is 12.1 Å². The lowest BCUT2D eigenvalue weighted by Gasteiger charge is -2.25. The molecule has 2 unspecified atom stereocenters. The lowest BCUT2D eigenvalue weighted by atomic mass is 9.84. The molecule has 2 rings (SSSR count). The largest absolute Gasteiger partial charge is 0.482 e. The molecule has 1 saturated heterocycles. The van der Waals surface area contributed by atoms with E-state index in [1.165, 1.54) is 0 Å². The first-order valence-corrected chi connectivity index (χ1v) is 8.48. The number of ether oxygens (including phenoxy) is 1. The normalized spacial score (nSPS) is 20.3. The third kappa shape index (κ3) is 6.03. The van der Waals surface area contributed by atoms with Gasteiger partial charge in [-0.2, -0.15) is 0 Å². The van der Waals surface area contributed by atoms with E-state index >= 15 is 0 Å². The summed E-state index contributed by atoms with van der Waals surface area (Å²) in [7, 11) is 0. The van der Waals surface area contributed by atoms with Crippen LogP contribution in [0.3, 0.4) is 0 Å². The summed E-state index contributed by atoms with van der Waals surface area (Å²) in [6, 6.07) is 7.26. The summed E-state index contributed by atoms with van der Waals surface area (Å²) in [6.45, 7) is 6.64. The minimum Gasteiger partial charge on any atom is -0.482 e. The zero-order valence-electron chi connectivity index (χ0n) is 15.0. The van der Waals surface area contributed by atoms with Crippen LogP contribution in [-0.4, -0.2) is 42.2 Å². The molecule has 1 aromatic rings. The van der Waals surface area contributed by atoms with Crippen molar-refractivity contribution in [2.45, 2.75) is 45.7 Å². The molecule has 0 saturated carbocycles. The highest BCUT2D eigenvalue weighted by Crippen LogP contribution is 2.25. The molecule has 4 N–H and O–H groups in total. The van der Waals surface area contributed by atoms with E-state index in [0.717, 1.165) is 12.0 Å². The maximum Gasteiger partial charge on any atom is 0.341 e. The van der Waals surface area contributed by atoms with Crippen LogP contribution in [0, 0.1) is 5.41 Å². The molecule has 1 fully saturated rings. The molecule has 2 atom stereocenters. The summed E-state index contributed by atoms with van der Waals surface area (Å²) in [6.07, 6.45) is 1.47. The second-order valence-corrected chi connectivity index (χ2v) is 7.36. The van der Waals surface area contributed by atoms with E-state index in [4.69, 9.17) is 9.84 Å². The van der Waals surface area contributed by atoms with Crippen LogP contribution < -0.4 is 20.9 Å². The Hall–Kier alpha value is -2.12. The second kappa shape index (κ2) is 8.31. The predicted octanol–water partition coefficient (Wildman–Crippen LogP) is 1.09. The first-order chi connectivity index (χ1) is 11.8. The Kier molecular flexibility index (Phi) is 6.39. The summed E-state index contributed by atoms with van der Waals surface area (Å²) in [5.41, 5.74) is 7.41. The van der Waals surface area contributed by atoms with Crippen LogP contribution in [-0.2, 0) is 16.0 Å². The van der Waals surface area contributed by atoms with Gasteiger partial charge in [0.05, 0.1) is 0 Å². The first-order valence-electron chi connectivity index (χ1n) is 8.48. The lowest BCUT2D eigenvalue weighted by molar-refractivity contribution is -0.139. The molecule has 7 heteroatoms. The van der Waals surface area contributed by atoms with E-state index in [9.17, 15) is 9.59 Å². The Morgan fingerprint density at radius 3 is 2.48 bits per heavy atom. The third-order valence-electron chi connectivity index (χ3n) is 4.26. The molecule has 0 spiro atoms. The Bertz CT molecular complexity index is 595. The van der Waals surface area contributed by atoms with Gasteiger partial charge in [0.25, 0.3) is 0 Å². The van der Waals surface area contributed by atoms with Crippen molar-refractivity contribution in [3.05, 3.63) is 29.8 Å². The molecule has 0 radical (unpaired) electrons. The molecular weight excluding hydrogens is 322 g/mol. The molecule has 1 aliphatic heterocycles. The highest BCUT2D eigenvalue weighted by Gasteiger charge is 2.35. The fourth-order valence-electron chi connectivity index (χ4n) is 2.65. The van der Waals surface area contributed by atoms with Crippen LogP contribution in [0.1, 0.15) is 32.8 Å². The van der Waals surface area contributed by atoms with Crippen molar-refractivity contribution in [3.63, 3.8) is 0 Å². The number of aliphatic carboxylic acids is 1. The first kappa shape index (κ1) is 19.2. The van der Waals surface area contributed by atoms with Crippen LogP contribution >= 0.6 is 0 Å². The number of benzene rings is 1. The Morgan fingerprint density at radius 2 is 1.92 bits per heavy atom. The fraction of sp³-hybridized carbons (Fsp3) is 0.556. The molecule has 1 heterocycles. The predicted molar refractivity (Wildman–Crippen MR) is 94.2 cm³/mol. The quantitative estimate of drug-likeness (QED) is 0.588. The number of carboxylic acid groups (broad SMARTS) is 1. The molecule has 1 aliphatic rings. The van der Waals surface area contributed by atoms with E-state index in [1.54, 1.807) is 12.1 Å². The van der Waals surface area contributed by atoms with Gasteiger partial charge in [0.2, 0.25) is 5.91 Å². The van der Waals surface area contributed by atoms with Crippen molar-refractivity contribution in [2.24, 2.45) is 5.41 Å². The summed E-state index contributed by atoms with van der Waals surface area (Å²) in [5, 5.41) is 11.5. The minimum atomic E-state index is -1.00. The number of hydrazine groups is 1. The number of nitrogens with one attached hydrogen (secondary N) is 3. The van der Waals surface area contributed by atoms with Crippen LogP contribution in [0.2, 0.25) is 0 Å². The van der Waals surface area contributed by atoms with Crippen molar-refractivity contribution in [1.82, 2.24) is 16.2 Å². The molecule has 0 bridgehead atoms. The lowest BCUT2D eigenvalue weighted by Crippen LogP contribution is -2.44. The number of carbonyl (C=O) groups is 2.